The summed E-state index contributed by atoms with van der Waals surface area (Å²) in [5.41, 5.74) is -2.85. The summed E-state index contributed by atoms with van der Waals surface area (Å²) in [5.74, 6) is -0.385. The SMILES string of the molecule is C=CC(N=C(c1ccccc1)c1ccccc1)OC(C)=O.O=S(=O)(O)C(F)(F)F. The number of carbonyl (C=O) groups excluding carboxylic acids is 1. The highest BCUT2D eigenvalue weighted by atomic mass is 32.2. The molecule has 0 saturated heterocycles. The van der Waals surface area contributed by atoms with Gasteiger partial charge in [0.15, 0.2) is 0 Å². The van der Waals surface area contributed by atoms with Crippen LogP contribution >= 0.6 is 0 Å². The van der Waals surface area contributed by atoms with Gasteiger partial charge in [0.05, 0.1) is 5.71 Å². The molecule has 2 aromatic carbocycles. The van der Waals surface area contributed by atoms with Crippen molar-refractivity contribution >= 4 is 21.8 Å². The zero-order valence-electron chi connectivity index (χ0n) is 15.2. The molecule has 0 aliphatic rings. The molecule has 0 spiro atoms. The summed E-state index contributed by atoms with van der Waals surface area (Å²) in [6.45, 7) is 5.03. The van der Waals surface area contributed by atoms with E-state index < -0.39 is 21.9 Å². The van der Waals surface area contributed by atoms with E-state index in [-0.39, 0.29) is 5.97 Å². The molecule has 1 atom stereocenters. The molecule has 0 aliphatic heterocycles. The third kappa shape index (κ3) is 8.28. The van der Waals surface area contributed by atoms with E-state index in [0.717, 1.165) is 16.8 Å². The van der Waals surface area contributed by atoms with Crippen molar-refractivity contribution in [2.75, 3.05) is 0 Å². The van der Waals surface area contributed by atoms with Gasteiger partial charge < -0.3 is 4.74 Å². The van der Waals surface area contributed by atoms with E-state index in [9.17, 15) is 18.0 Å². The number of nitrogens with zero attached hydrogens (tertiary/aromatic N) is 1. The number of hydrogen-bond donors (Lipinski definition) is 1. The molecule has 10 heteroatoms. The Labute approximate surface area is 166 Å². The number of halogens is 3. The Hall–Kier alpha value is -2.98. The molecule has 0 heterocycles. The first-order valence-corrected chi connectivity index (χ1v) is 9.42. The molecule has 156 valence electrons. The topological polar surface area (TPSA) is 93.0 Å². The second-order valence-electron chi connectivity index (χ2n) is 5.37. The fourth-order valence-corrected chi connectivity index (χ4v) is 1.93. The Morgan fingerprint density at radius 3 is 1.72 bits per heavy atom. The first kappa shape index (κ1) is 24.1. The highest BCUT2D eigenvalue weighted by molar-refractivity contribution is 7.86. The first-order chi connectivity index (χ1) is 13.5. The minimum atomic E-state index is -5.84. The molecule has 1 unspecified atom stereocenters. The van der Waals surface area contributed by atoms with Gasteiger partial charge in [-0.3, -0.25) is 9.35 Å². The zero-order valence-corrected chi connectivity index (χ0v) is 16.0. The summed E-state index contributed by atoms with van der Waals surface area (Å²) >= 11 is 0. The van der Waals surface area contributed by atoms with Crippen molar-refractivity contribution in [1.29, 1.82) is 0 Å². The molecule has 2 rings (SSSR count). The largest absolute Gasteiger partial charge is 0.522 e. The quantitative estimate of drug-likeness (QED) is 0.255. The number of ether oxygens (including phenoxy) is 1. The standard InChI is InChI=1S/C18H17NO2.CHF3O3S/c1-3-17(21-14(2)20)19-18(15-10-6-4-7-11-15)16-12-8-5-9-13-16;2-1(3,4)8(5,6)7/h3-13,17H,1H2,2H3;(H,5,6,7). The van der Waals surface area contributed by atoms with Crippen LogP contribution in [-0.2, 0) is 19.6 Å². The Bertz CT molecular complexity index is 901. The van der Waals surface area contributed by atoms with E-state index in [1.807, 2.05) is 60.7 Å². The maximum Gasteiger partial charge on any atom is 0.522 e. The van der Waals surface area contributed by atoms with E-state index in [4.69, 9.17) is 17.7 Å². The number of aliphatic imine (C=N–C) groups is 1. The van der Waals surface area contributed by atoms with Gasteiger partial charge >= 0.3 is 21.6 Å². The van der Waals surface area contributed by atoms with Crippen molar-refractivity contribution in [2.45, 2.75) is 18.7 Å². The van der Waals surface area contributed by atoms with Crippen LogP contribution in [0, 0.1) is 0 Å². The molecule has 0 aromatic heterocycles. The van der Waals surface area contributed by atoms with Crippen molar-refractivity contribution in [3.05, 3.63) is 84.4 Å². The van der Waals surface area contributed by atoms with Crippen LogP contribution in [0.2, 0.25) is 0 Å². The van der Waals surface area contributed by atoms with Gasteiger partial charge in [0.25, 0.3) is 0 Å². The maximum absolute atomic E-state index is 11.1. The number of esters is 1. The summed E-state index contributed by atoms with van der Waals surface area (Å²) < 4.78 is 62.7. The highest BCUT2D eigenvalue weighted by Crippen LogP contribution is 2.20. The van der Waals surface area contributed by atoms with Gasteiger partial charge in [-0.15, -0.1) is 0 Å². The van der Waals surface area contributed by atoms with Crippen LogP contribution < -0.4 is 0 Å². The summed E-state index contributed by atoms with van der Waals surface area (Å²) in [7, 11) is -5.84. The highest BCUT2D eigenvalue weighted by Gasteiger charge is 2.44. The van der Waals surface area contributed by atoms with Crippen molar-refractivity contribution in [1.82, 2.24) is 0 Å². The summed E-state index contributed by atoms with van der Waals surface area (Å²) in [5, 5.41) is 0. The van der Waals surface area contributed by atoms with E-state index in [1.54, 1.807) is 0 Å². The summed E-state index contributed by atoms with van der Waals surface area (Å²) in [4.78, 5) is 15.7. The van der Waals surface area contributed by atoms with Gasteiger partial charge in [-0.1, -0.05) is 67.2 Å². The lowest BCUT2D eigenvalue weighted by Gasteiger charge is -2.12. The minimum Gasteiger partial charge on any atom is -0.436 e. The van der Waals surface area contributed by atoms with Crippen LogP contribution in [0.15, 0.2) is 78.3 Å². The van der Waals surface area contributed by atoms with Crippen molar-refractivity contribution in [2.24, 2.45) is 4.99 Å². The molecular weight excluding hydrogens is 411 g/mol. The van der Waals surface area contributed by atoms with E-state index in [2.05, 4.69) is 11.6 Å². The lowest BCUT2D eigenvalue weighted by atomic mass is 10.0. The van der Waals surface area contributed by atoms with Gasteiger partial charge in [0, 0.05) is 18.1 Å². The van der Waals surface area contributed by atoms with Crippen molar-refractivity contribution in [3.8, 4) is 0 Å². The molecule has 29 heavy (non-hydrogen) atoms. The van der Waals surface area contributed by atoms with E-state index in [0.29, 0.717) is 0 Å². The fourth-order valence-electron chi connectivity index (χ4n) is 1.93. The second kappa shape index (κ2) is 10.5. The van der Waals surface area contributed by atoms with Crippen LogP contribution in [0.25, 0.3) is 0 Å². The third-order valence-corrected chi connectivity index (χ3v) is 3.72. The number of hydrogen-bond acceptors (Lipinski definition) is 5. The normalized spacial score (nSPS) is 12.0. The molecule has 1 N–H and O–H groups in total. The Morgan fingerprint density at radius 1 is 1.07 bits per heavy atom. The number of rotatable bonds is 5. The number of alkyl halides is 3. The van der Waals surface area contributed by atoms with Crippen LogP contribution in [0.5, 0.6) is 0 Å². The number of carbonyl (C=O) groups is 1. The van der Waals surface area contributed by atoms with Crippen LogP contribution in [0.4, 0.5) is 13.2 Å². The Morgan fingerprint density at radius 2 is 1.45 bits per heavy atom. The molecule has 0 aliphatic carbocycles. The molecule has 0 saturated carbocycles. The maximum atomic E-state index is 11.1. The third-order valence-electron chi connectivity index (χ3n) is 3.13. The average molecular weight is 429 g/mol. The minimum absolute atomic E-state index is 0.385. The van der Waals surface area contributed by atoms with Gasteiger partial charge in [0.1, 0.15) is 0 Å². The fraction of sp³-hybridized carbons (Fsp3) is 0.158. The van der Waals surface area contributed by atoms with Gasteiger partial charge in [-0.05, 0) is 6.08 Å². The molecular formula is C19H18F3NO5S. The van der Waals surface area contributed by atoms with Crippen molar-refractivity contribution in [3.63, 3.8) is 0 Å². The second-order valence-corrected chi connectivity index (χ2v) is 6.78. The predicted octanol–water partition coefficient (Wildman–Crippen LogP) is 3.99. The molecule has 0 fully saturated rings. The number of benzene rings is 2. The zero-order chi connectivity index (χ0) is 22.1. The van der Waals surface area contributed by atoms with E-state index in [1.165, 1.54) is 13.0 Å². The van der Waals surface area contributed by atoms with Crippen LogP contribution in [0.1, 0.15) is 18.1 Å². The van der Waals surface area contributed by atoms with Gasteiger partial charge in [-0.2, -0.15) is 21.6 Å². The van der Waals surface area contributed by atoms with Crippen LogP contribution in [0.3, 0.4) is 0 Å². The molecule has 0 bridgehead atoms. The van der Waals surface area contributed by atoms with Gasteiger partial charge in [0.2, 0.25) is 6.23 Å². The van der Waals surface area contributed by atoms with Crippen molar-refractivity contribution < 1.29 is 35.7 Å². The lowest BCUT2D eigenvalue weighted by molar-refractivity contribution is -0.143. The predicted molar refractivity (Wildman–Crippen MR) is 102 cm³/mol. The molecule has 6 nitrogen and oxygen atoms in total. The average Bonchev–Trinajstić information content (AvgIpc) is 2.65. The smallest absolute Gasteiger partial charge is 0.436 e. The summed E-state index contributed by atoms with van der Waals surface area (Å²) in [6, 6.07) is 19.6. The first-order valence-electron chi connectivity index (χ1n) is 7.98. The van der Waals surface area contributed by atoms with Crippen LogP contribution in [-0.4, -0.2) is 36.4 Å². The molecule has 2 aromatic rings. The monoisotopic (exact) mass is 429 g/mol. The lowest BCUT2D eigenvalue weighted by Crippen LogP contribution is -2.21. The Balaban J connectivity index is 0.000000447. The molecule has 0 radical (unpaired) electrons. The summed E-state index contributed by atoms with van der Waals surface area (Å²) in [6.07, 6.45) is 0.811. The van der Waals surface area contributed by atoms with E-state index >= 15 is 0 Å². The Kier molecular flexibility index (Phi) is 8.74. The van der Waals surface area contributed by atoms with Gasteiger partial charge in [-0.25, -0.2) is 4.99 Å². The molecule has 0 amide bonds.